The van der Waals surface area contributed by atoms with Gasteiger partial charge in [0.2, 0.25) is 0 Å². The molecule has 0 saturated heterocycles. The van der Waals surface area contributed by atoms with Crippen LogP contribution in [-0.2, 0) is 23.9 Å². The van der Waals surface area contributed by atoms with Crippen LogP contribution in [0.15, 0.2) is 0 Å². The van der Waals surface area contributed by atoms with Crippen molar-refractivity contribution in [2.45, 2.75) is 33.1 Å². The lowest BCUT2D eigenvalue weighted by Gasteiger charge is -2.27. The minimum absolute atomic E-state index is 0.00333. The Labute approximate surface area is 100 Å². The number of hydrogen-bond donors (Lipinski definition) is 0. The molecule has 0 spiro atoms. The van der Waals surface area contributed by atoms with Gasteiger partial charge in [-0.25, -0.2) is 0 Å². The Hall–Kier alpha value is -1.39. The van der Waals surface area contributed by atoms with Crippen LogP contribution in [-0.4, -0.2) is 30.9 Å². The van der Waals surface area contributed by atoms with Gasteiger partial charge in [-0.3, -0.25) is 14.4 Å². The Morgan fingerprint density at radius 1 is 1.12 bits per heavy atom. The number of carbonyl (C=O) groups excluding carboxylic acids is 3. The highest BCUT2D eigenvalue weighted by molar-refractivity contribution is 5.90. The predicted octanol–water partition coefficient (Wildman–Crippen LogP) is 1.10. The highest BCUT2D eigenvalue weighted by Gasteiger charge is 2.40. The number of hydrogen-bond acceptors (Lipinski definition) is 5. The lowest BCUT2D eigenvalue weighted by atomic mass is 9.78. The molecule has 0 aromatic carbocycles. The van der Waals surface area contributed by atoms with E-state index < -0.39 is 23.8 Å². The van der Waals surface area contributed by atoms with Gasteiger partial charge >= 0.3 is 11.9 Å². The zero-order valence-electron chi connectivity index (χ0n) is 10.2. The van der Waals surface area contributed by atoms with Gasteiger partial charge in [-0.2, -0.15) is 0 Å². The third kappa shape index (κ3) is 3.54. The normalized spacial score (nSPS) is 24.2. The maximum absolute atomic E-state index is 11.7. The van der Waals surface area contributed by atoms with Crippen molar-refractivity contribution in [1.29, 1.82) is 0 Å². The van der Waals surface area contributed by atoms with E-state index in [0.29, 0.717) is 12.8 Å². The molecule has 0 N–H and O–H groups in total. The second-order valence-electron chi connectivity index (χ2n) is 4.00. The number of ketones is 1. The van der Waals surface area contributed by atoms with Crippen LogP contribution in [0.5, 0.6) is 0 Å². The summed E-state index contributed by atoms with van der Waals surface area (Å²) in [5.41, 5.74) is 0. The molecular formula is C12H18O5. The molecule has 1 aliphatic rings. The summed E-state index contributed by atoms with van der Waals surface area (Å²) in [6.45, 7) is 3.94. The molecule has 0 unspecified atom stereocenters. The number of Topliss-reactive ketones (excluding diaryl/α,β-unsaturated/α-hetero) is 1. The molecule has 1 saturated carbocycles. The largest absolute Gasteiger partial charge is 0.466 e. The number of rotatable bonds is 4. The first kappa shape index (κ1) is 13.7. The Kier molecular flexibility index (Phi) is 5.12. The molecule has 1 aliphatic carbocycles. The lowest BCUT2D eigenvalue weighted by molar-refractivity contribution is -0.163. The zero-order valence-corrected chi connectivity index (χ0v) is 10.2. The van der Waals surface area contributed by atoms with Gasteiger partial charge in [-0.15, -0.1) is 0 Å². The van der Waals surface area contributed by atoms with E-state index >= 15 is 0 Å². The molecule has 0 amide bonds. The zero-order chi connectivity index (χ0) is 12.8. The molecule has 0 bridgehead atoms. The highest BCUT2D eigenvalue weighted by Crippen LogP contribution is 2.30. The second kappa shape index (κ2) is 6.37. The Bertz CT molecular complexity index is 310. The fourth-order valence-electron chi connectivity index (χ4n) is 2.04. The van der Waals surface area contributed by atoms with Gasteiger partial charge < -0.3 is 9.47 Å². The number of ether oxygens (including phenoxy) is 2. The van der Waals surface area contributed by atoms with E-state index in [1.165, 1.54) is 0 Å². The topological polar surface area (TPSA) is 69.7 Å². The first-order chi connectivity index (χ1) is 8.10. The summed E-state index contributed by atoms with van der Waals surface area (Å²) in [5, 5.41) is 0. The molecule has 5 heteroatoms. The predicted molar refractivity (Wildman–Crippen MR) is 59.1 cm³/mol. The summed E-state index contributed by atoms with van der Waals surface area (Å²) >= 11 is 0. The van der Waals surface area contributed by atoms with E-state index in [4.69, 9.17) is 9.47 Å². The van der Waals surface area contributed by atoms with Crippen molar-refractivity contribution < 1.29 is 23.9 Å². The van der Waals surface area contributed by atoms with E-state index in [1.54, 1.807) is 13.8 Å². The Balaban J connectivity index is 2.74. The van der Waals surface area contributed by atoms with Gasteiger partial charge in [0.05, 0.1) is 25.0 Å². The molecule has 0 aromatic rings. The monoisotopic (exact) mass is 242 g/mol. The fourth-order valence-corrected chi connectivity index (χ4v) is 2.04. The maximum Gasteiger partial charge on any atom is 0.310 e. The highest BCUT2D eigenvalue weighted by atomic mass is 16.5. The maximum atomic E-state index is 11.7. The van der Waals surface area contributed by atoms with Crippen LogP contribution >= 0.6 is 0 Å². The van der Waals surface area contributed by atoms with Crippen LogP contribution in [0.4, 0.5) is 0 Å². The van der Waals surface area contributed by atoms with E-state index in [0.717, 1.165) is 0 Å². The quantitative estimate of drug-likeness (QED) is 0.690. The Morgan fingerprint density at radius 2 is 1.65 bits per heavy atom. The minimum Gasteiger partial charge on any atom is -0.466 e. The van der Waals surface area contributed by atoms with Crippen LogP contribution in [0, 0.1) is 11.8 Å². The molecule has 17 heavy (non-hydrogen) atoms. The smallest absolute Gasteiger partial charge is 0.310 e. The van der Waals surface area contributed by atoms with Gasteiger partial charge in [0.15, 0.2) is 0 Å². The van der Waals surface area contributed by atoms with Crippen molar-refractivity contribution >= 4 is 17.7 Å². The van der Waals surface area contributed by atoms with Crippen LogP contribution in [0.25, 0.3) is 0 Å². The minimum atomic E-state index is -0.671. The van der Waals surface area contributed by atoms with Gasteiger partial charge in [-0.05, 0) is 20.3 Å². The summed E-state index contributed by atoms with van der Waals surface area (Å²) < 4.78 is 9.81. The van der Waals surface area contributed by atoms with Crippen molar-refractivity contribution in [2.75, 3.05) is 13.2 Å². The average molecular weight is 242 g/mol. The summed E-state index contributed by atoms with van der Waals surface area (Å²) in [6, 6.07) is 0. The van der Waals surface area contributed by atoms with Crippen molar-refractivity contribution in [3.63, 3.8) is 0 Å². The lowest BCUT2D eigenvalue weighted by Crippen LogP contribution is -2.37. The van der Waals surface area contributed by atoms with Crippen LogP contribution < -0.4 is 0 Å². The third-order valence-electron chi connectivity index (χ3n) is 2.85. The van der Waals surface area contributed by atoms with Crippen LogP contribution in [0.2, 0.25) is 0 Å². The van der Waals surface area contributed by atoms with Crippen molar-refractivity contribution in [3.8, 4) is 0 Å². The van der Waals surface area contributed by atoms with Crippen molar-refractivity contribution in [3.05, 3.63) is 0 Å². The molecular weight excluding hydrogens is 224 g/mol. The standard InChI is InChI=1S/C12H18O5/c1-3-16-11(14)9-6-5-8(13)7-10(9)12(15)17-4-2/h9-10H,3-7H2,1-2H3/t9-,10-/m1/s1. The first-order valence-electron chi connectivity index (χ1n) is 5.95. The molecule has 96 valence electrons. The molecule has 1 fully saturated rings. The Morgan fingerprint density at radius 3 is 2.18 bits per heavy atom. The van der Waals surface area contributed by atoms with E-state index in [1.807, 2.05) is 0 Å². The molecule has 1 rings (SSSR count). The van der Waals surface area contributed by atoms with Crippen molar-refractivity contribution in [1.82, 2.24) is 0 Å². The summed E-state index contributed by atoms with van der Waals surface area (Å²) in [5.74, 6) is -2.08. The van der Waals surface area contributed by atoms with Gasteiger partial charge in [0.25, 0.3) is 0 Å². The second-order valence-corrected chi connectivity index (χ2v) is 4.00. The molecule has 5 nitrogen and oxygen atoms in total. The molecule has 0 aromatic heterocycles. The molecule has 0 heterocycles. The van der Waals surface area contributed by atoms with E-state index in [2.05, 4.69) is 0 Å². The van der Waals surface area contributed by atoms with E-state index in [9.17, 15) is 14.4 Å². The third-order valence-corrected chi connectivity index (χ3v) is 2.85. The summed E-state index contributed by atoms with van der Waals surface area (Å²) in [6.07, 6.45) is 0.794. The summed E-state index contributed by atoms with van der Waals surface area (Å²) in [4.78, 5) is 34.7. The van der Waals surface area contributed by atoms with Gasteiger partial charge in [-0.1, -0.05) is 0 Å². The first-order valence-corrected chi connectivity index (χ1v) is 5.95. The average Bonchev–Trinajstić information content (AvgIpc) is 2.29. The molecule has 0 aliphatic heterocycles. The molecule has 0 radical (unpaired) electrons. The van der Waals surface area contributed by atoms with Crippen LogP contribution in [0.3, 0.4) is 0 Å². The summed E-state index contributed by atoms with van der Waals surface area (Å²) in [7, 11) is 0. The van der Waals surface area contributed by atoms with E-state index in [-0.39, 0.29) is 25.4 Å². The number of esters is 2. The fraction of sp³-hybridized carbons (Fsp3) is 0.750. The molecule has 2 atom stereocenters. The van der Waals surface area contributed by atoms with Gasteiger partial charge in [0.1, 0.15) is 5.78 Å². The van der Waals surface area contributed by atoms with Gasteiger partial charge in [0, 0.05) is 12.8 Å². The van der Waals surface area contributed by atoms with Crippen molar-refractivity contribution in [2.24, 2.45) is 11.8 Å². The number of carbonyl (C=O) groups is 3. The SMILES string of the molecule is CCOC(=O)[C@@H]1CCC(=O)C[C@H]1C(=O)OCC. The van der Waals surface area contributed by atoms with Crippen LogP contribution in [0.1, 0.15) is 33.1 Å².